The largest absolute Gasteiger partial charge is 0.454 e. The number of ether oxygens (including phenoxy) is 3. The van der Waals surface area contributed by atoms with Gasteiger partial charge in [-0.2, -0.15) is 0 Å². The second kappa shape index (κ2) is 8.25. The molecule has 0 bridgehead atoms. The van der Waals surface area contributed by atoms with Crippen LogP contribution < -0.4 is 14.8 Å². The van der Waals surface area contributed by atoms with E-state index in [1.807, 2.05) is 22.6 Å². The highest BCUT2D eigenvalue weighted by atomic mass is 127. The number of carbonyl (C=O) groups is 3. The molecule has 1 aromatic carbocycles. The third kappa shape index (κ3) is 4.88. The lowest BCUT2D eigenvalue weighted by molar-refractivity contribution is -0.142. The maximum Gasteiger partial charge on any atom is 0.331 e. The summed E-state index contributed by atoms with van der Waals surface area (Å²) < 4.78 is 21.3. The van der Waals surface area contributed by atoms with Crippen molar-refractivity contribution < 1.29 is 33.0 Å². The van der Waals surface area contributed by atoms with Crippen LogP contribution in [0.2, 0.25) is 0 Å². The van der Waals surface area contributed by atoms with Gasteiger partial charge in [0, 0.05) is 17.7 Å². The molecule has 0 atom stereocenters. The molecule has 0 radical (unpaired) electrons. The van der Waals surface area contributed by atoms with Crippen LogP contribution in [0, 0.1) is 3.77 Å². The maximum atomic E-state index is 12.1. The Balaban J connectivity index is 1.58. The van der Waals surface area contributed by atoms with E-state index in [2.05, 4.69) is 5.32 Å². The molecule has 0 saturated carbocycles. The number of rotatable bonds is 6. The van der Waals surface area contributed by atoms with Crippen molar-refractivity contribution in [3.8, 4) is 11.5 Å². The molecule has 0 unspecified atom stereocenters. The van der Waals surface area contributed by atoms with Crippen molar-refractivity contribution in [2.24, 2.45) is 0 Å². The van der Waals surface area contributed by atoms with Gasteiger partial charge in [0.15, 0.2) is 27.7 Å². The number of halogens is 1. The third-order valence-electron chi connectivity index (χ3n) is 3.49. The molecule has 0 aliphatic carbocycles. The summed E-state index contributed by atoms with van der Waals surface area (Å²) in [5.74, 6) is -0.200. The van der Waals surface area contributed by atoms with Crippen LogP contribution in [0.3, 0.4) is 0 Å². The number of nitrogens with one attached hydrogen (secondary N) is 1. The number of furan rings is 1. The highest BCUT2D eigenvalue weighted by Gasteiger charge is 2.20. The van der Waals surface area contributed by atoms with Gasteiger partial charge in [-0.25, -0.2) is 4.79 Å². The van der Waals surface area contributed by atoms with E-state index in [0.29, 0.717) is 21.0 Å². The van der Waals surface area contributed by atoms with Gasteiger partial charge in [-0.1, -0.05) is 0 Å². The zero-order valence-corrected chi connectivity index (χ0v) is 16.3. The topological polar surface area (TPSA) is 104 Å². The number of Topliss-reactive ketones (excluding diaryl/α,β-unsaturated/α-hetero) is 1. The van der Waals surface area contributed by atoms with Crippen molar-refractivity contribution >= 4 is 52.0 Å². The Bertz CT molecular complexity index is 932. The van der Waals surface area contributed by atoms with Crippen LogP contribution in [0.4, 0.5) is 5.69 Å². The van der Waals surface area contributed by atoms with Crippen molar-refractivity contribution in [3.05, 3.63) is 45.4 Å². The number of esters is 1. The number of ketones is 1. The first kappa shape index (κ1) is 19.0. The number of benzene rings is 1. The summed E-state index contributed by atoms with van der Waals surface area (Å²) in [6, 6.07) is 6.44. The van der Waals surface area contributed by atoms with Crippen LogP contribution in [0.1, 0.15) is 23.0 Å². The second-order valence-electron chi connectivity index (χ2n) is 5.44. The van der Waals surface area contributed by atoms with Crippen LogP contribution in [0.5, 0.6) is 11.5 Å². The van der Waals surface area contributed by atoms with Gasteiger partial charge in [-0.05, 0) is 53.8 Å². The standard InChI is InChI=1S/C18H14INO7/c1-10(21)12-6-14-15(26-9-25-14)7-13(12)20-17(22)8-24-18(23)5-3-11-2-4-16(19)27-11/h2-7H,8-9H2,1H3,(H,20,22)/b5-3+. The van der Waals surface area contributed by atoms with Gasteiger partial charge in [0.05, 0.1) is 5.69 Å². The van der Waals surface area contributed by atoms with Crippen LogP contribution in [-0.2, 0) is 14.3 Å². The molecule has 2 heterocycles. The molecule has 9 heteroatoms. The third-order valence-corrected chi connectivity index (χ3v) is 4.07. The van der Waals surface area contributed by atoms with E-state index < -0.39 is 18.5 Å². The zero-order valence-electron chi connectivity index (χ0n) is 14.1. The molecule has 1 aromatic heterocycles. The van der Waals surface area contributed by atoms with Crippen molar-refractivity contribution in [3.63, 3.8) is 0 Å². The van der Waals surface area contributed by atoms with E-state index in [1.54, 1.807) is 12.1 Å². The Hall–Kier alpha value is -2.82. The number of anilines is 1. The lowest BCUT2D eigenvalue weighted by Crippen LogP contribution is -2.21. The first-order valence-electron chi connectivity index (χ1n) is 7.77. The predicted octanol–water partition coefficient (Wildman–Crippen LogP) is 3.01. The molecule has 1 aliphatic heterocycles. The minimum Gasteiger partial charge on any atom is -0.454 e. The molecule has 1 aliphatic rings. The summed E-state index contributed by atoms with van der Waals surface area (Å²) in [7, 11) is 0. The monoisotopic (exact) mass is 483 g/mol. The maximum absolute atomic E-state index is 12.1. The van der Waals surface area contributed by atoms with Crippen molar-refractivity contribution in [1.82, 2.24) is 0 Å². The van der Waals surface area contributed by atoms with Gasteiger partial charge in [0.1, 0.15) is 5.76 Å². The van der Waals surface area contributed by atoms with E-state index in [1.165, 1.54) is 25.1 Å². The highest BCUT2D eigenvalue weighted by Crippen LogP contribution is 2.37. The fourth-order valence-electron chi connectivity index (χ4n) is 2.28. The van der Waals surface area contributed by atoms with Crippen LogP contribution in [0.15, 0.2) is 34.8 Å². The Morgan fingerprint density at radius 3 is 2.63 bits per heavy atom. The molecule has 0 saturated heterocycles. The Labute approximate surface area is 167 Å². The van der Waals surface area contributed by atoms with Gasteiger partial charge < -0.3 is 23.9 Å². The van der Waals surface area contributed by atoms with E-state index in [4.69, 9.17) is 18.6 Å². The number of carbonyl (C=O) groups excluding carboxylic acids is 3. The SMILES string of the molecule is CC(=O)c1cc2c(cc1NC(=O)COC(=O)/C=C/c1ccc(I)o1)OCO2. The molecule has 1 N–H and O–H groups in total. The molecule has 8 nitrogen and oxygen atoms in total. The summed E-state index contributed by atoms with van der Waals surface area (Å²) >= 11 is 2.00. The van der Waals surface area contributed by atoms with Crippen molar-refractivity contribution in [2.45, 2.75) is 6.92 Å². The fourth-order valence-corrected chi connectivity index (χ4v) is 2.71. The smallest absolute Gasteiger partial charge is 0.331 e. The van der Waals surface area contributed by atoms with E-state index in [0.717, 1.165) is 6.08 Å². The van der Waals surface area contributed by atoms with Gasteiger partial charge in [0.25, 0.3) is 5.91 Å². The summed E-state index contributed by atoms with van der Waals surface area (Å²) in [5, 5.41) is 2.54. The minimum absolute atomic E-state index is 0.0444. The molecule has 27 heavy (non-hydrogen) atoms. The Kier molecular flexibility index (Phi) is 5.79. The Morgan fingerprint density at radius 2 is 1.96 bits per heavy atom. The minimum atomic E-state index is -0.700. The normalized spacial score (nSPS) is 12.2. The highest BCUT2D eigenvalue weighted by molar-refractivity contribution is 14.1. The van der Waals surface area contributed by atoms with Crippen molar-refractivity contribution in [2.75, 3.05) is 18.7 Å². The Morgan fingerprint density at radius 1 is 1.22 bits per heavy atom. The number of hydrogen-bond acceptors (Lipinski definition) is 7. The van der Waals surface area contributed by atoms with Crippen LogP contribution in [0.25, 0.3) is 6.08 Å². The van der Waals surface area contributed by atoms with Crippen LogP contribution in [-0.4, -0.2) is 31.1 Å². The number of amides is 1. The average Bonchev–Trinajstić information content (AvgIpc) is 3.25. The molecule has 0 spiro atoms. The average molecular weight is 483 g/mol. The second-order valence-corrected chi connectivity index (χ2v) is 6.50. The lowest BCUT2D eigenvalue weighted by Gasteiger charge is -2.10. The summed E-state index contributed by atoms with van der Waals surface area (Å²) in [6.07, 6.45) is 2.60. The number of fused-ring (bicyclic) bond motifs is 1. The summed E-state index contributed by atoms with van der Waals surface area (Å²) in [6.45, 7) is 0.904. The number of hydrogen-bond donors (Lipinski definition) is 1. The molecule has 140 valence electrons. The fraction of sp³-hybridized carbons (Fsp3) is 0.167. The molecular weight excluding hydrogens is 469 g/mol. The van der Waals surface area contributed by atoms with E-state index in [-0.39, 0.29) is 23.8 Å². The molecule has 3 rings (SSSR count). The molecule has 0 fully saturated rings. The predicted molar refractivity (Wildman–Crippen MR) is 103 cm³/mol. The zero-order chi connectivity index (χ0) is 19.4. The lowest BCUT2D eigenvalue weighted by atomic mass is 10.1. The first-order valence-corrected chi connectivity index (χ1v) is 8.85. The van der Waals surface area contributed by atoms with Crippen molar-refractivity contribution in [1.29, 1.82) is 0 Å². The summed E-state index contributed by atoms with van der Waals surface area (Å²) in [4.78, 5) is 35.5. The molecule has 1 amide bonds. The van der Waals surface area contributed by atoms with Gasteiger partial charge in [0.2, 0.25) is 6.79 Å². The van der Waals surface area contributed by atoms with E-state index >= 15 is 0 Å². The van der Waals surface area contributed by atoms with Gasteiger partial charge in [-0.3, -0.25) is 9.59 Å². The van der Waals surface area contributed by atoms with Crippen LogP contribution >= 0.6 is 22.6 Å². The molecular formula is C18H14INO7. The van der Waals surface area contributed by atoms with Gasteiger partial charge in [-0.15, -0.1) is 0 Å². The summed E-state index contributed by atoms with van der Waals surface area (Å²) in [5.41, 5.74) is 0.528. The van der Waals surface area contributed by atoms with E-state index in [9.17, 15) is 14.4 Å². The van der Waals surface area contributed by atoms with Gasteiger partial charge >= 0.3 is 5.97 Å². The first-order chi connectivity index (χ1) is 12.9. The molecule has 2 aromatic rings. The quantitative estimate of drug-likeness (QED) is 0.292.